The first kappa shape index (κ1) is 11.9. The Morgan fingerprint density at radius 2 is 2.18 bits per heavy atom. The Hall–Kier alpha value is -1.55. The van der Waals surface area contributed by atoms with Crippen LogP contribution >= 0.6 is 11.6 Å². The summed E-state index contributed by atoms with van der Waals surface area (Å²) in [5.74, 6) is -0.847. The maximum atomic E-state index is 11.6. The number of esters is 2. The number of carbonyl (C=O) groups is 2. The molecule has 0 amide bonds. The van der Waals surface area contributed by atoms with Gasteiger partial charge in [-0.2, -0.15) is 0 Å². The van der Waals surface area contributed by atoms with Gasteiger partial charge >= 0.3 is 11.9 Å². The van der Waals surface area contributed by atoms with Gasteiger partial charge in [0.05, 0.1) is 18.1 Å². The van der Waals surface area contributed by atoms with Crippen molar-refractivity contribution < 1.29 is 19.1 Å². The van der Waals surface area contributed by atoms with Gasteiger partial charge in [-0.1, -0.05) is 17.7 Å². The smallest absolute Gasteiger partial charge is 0.321 e. The Morgan fingerprint density at radius 3 is 2.76 bits per heavy atom. The molecule has 17 heavy (non-hydrogen) atoms. The third-order valence-corrected chi connectivity index (χ3v) is 3.01. The Kier molecular flexibility index (Phi) is 3.33. The van der Waals surface area contributed by atoms with Crippen molar-refractivity contribution in [3.05, 3.63) is 28.8 Å². The summed E-state index contributed by atoms with van der Waals surface area (Å²) in [6.45, 7) is 0. The van der Waals surface area contributed by atoms with Crippen molar-refractivity contribution in [1.29, 1.82) is 0 Å². The summed E-state index contributed by atoms with van der Waals surface area (Å²) >= 11 is 5.98. The van der Waals surface area contributed by atoms with Crippen molar-refractivity contribution in [1.82, 2.24) is 0 Å². The summed E-state index contributed by atoms with van der Waals surface area (Å²) in [5.41, 5.74) is 0.744. The molecule has 0 saturated carbocycles. The molecule has 1 atom stereocenters. The van der Waals surface area contributed by atoms with Gasteiger partial charge in [-0.05, 0) is 24.1 Å². The molecule has 1 aromatic carbocycles. The fourth-order valence-electron chi connectivity index (χ4n) is 1.82. The van der Waals surface area contributed by atoms with Crippen molar-refractivity contribution in [2.75, 3.05) is 7.11 Å². The van der Waals surface area contributed by atoms with E-state index in [-0.39, 0.29) is 6.42 Å². The second-order valence-electron chi connectivity index (χ2n) is 3.78. The zero-order valence-corrected chi connectivity index (χ0v) is 9.99. The lowest BCUT2D eigenvalue weighted by Crippen LogP contribution is -2.26. The highest BCUT2D eigenvalue weighted by Crippen LogP contribution is 2.32. The summed E-state index contributed by atoms with van der Waals surface area (Å²) in [4.78, 5) is 22.5. The zero-order chi connectivity index (χ0) is 12.4. The molecule has 1 fully saturated rings. The molecule has 2 rings (SSSR count). The van der Waals surface area contributed by atoms with Crippen LogP contribution in [0.4, 0.5) is 0 Å². The van der Waals surface area contributed by atoms with Crippen LogP contribution in [0.15, 0.2) is 18.2 Å². The standard InChI is InChI=1S/C12H11ClO4/c1-16-10-4-2-7(6-9(10)13)8-3-5-11(14)17-12(8)15/h2,4,6,8H,3,5H2,1H3. The highest BCUT2D eigenvalue weighted by atomic mass is 35.5. The van der Waals surface area contributed by atoms with Gasteiger partial charge in [0.1, 0.15) is 5.75 Å². The van der Waals surface area contributed by atoms with Crippen LogP contribution < -0.4 is 4.74 Å². The fourth-order valence-corrected chi connectivity index (χ4v) is 2.08. The molecule has 0 aromatic heterocycles. The first-order valence-electron chi connectivity index (χ1n) is 5.20. The van der Waals surface area contributed by atoms with E-state index in [0.29, 0.717) is 17.2 Å². The quantitative estimate of drug-likeness (QED) is 0.600. The second kappa shape index (κ2) is 4.75. The minimum Gasteiger partial charge on any atom is -0.495 e. The number of rotatable bonds is 2. The summed E-state index contributed by atoms with van der Waals surface area (Å²) < 4.78 is 9.63. The number of hydrogen-bond acceptors (Lipinski definition) is 4. The molecule has 1 saturated heterocycles. The largest absolute Gasteiger partial charge is 0.495 e. The molecular formula is C12H11ClO4. The number of benzene rings is 1. The molecule has 1 aromatic rings. The molecule has 0 N–H and O–H groups in total. The van der Waals surface area contributed by atoms with Crippen LogP contribution in [0.2, 0.25) is 5.02 Å². The zero-order valence-electron chi connectivity index (χ0n) is 9.23. The van der Waals surface area contributed by atoms with Crippen molar-refractivity contribution in [3.63, 3.8) is 0 Å². The topological polar surface area (TPSA) is 52.6 Å². The van der Waals surface area contributed by atoms with Crippen LogP contribution in [-0.4, -0.2) is 19.0 Å². The Labute approximate surface area is 103 Å². The van der Waals surface area contributed by atoms with Gasteiger partial charge in [0.15, 0.2) is 0 Å². The van der Waals surface area contributed by atoms with E-state index in [0.717, 1.165) is 5.56 Å². The van der Waals surface area contributed by atoms with E-state index in [4.69, 9.17) is 16.3 Å². The predicted octanol–water partition coefficient (Wildman–Crippen LogP) is 2.30. The lowest BCUT2D eigenvalue weighted by molar-refractivity contribution is -0.164. The molecule has 0 radical (unpaired) electrons. The molecule has 1 aliphatic heterocycles. The molecule has 0 bridgehead atoms. The number of ether oxygens (including phenoxy) is 2. The predicted molar refractivity (Wildman–Crippen MR) is 61.1 cm³/mol. The van der Waals surface area contributed by atoms with E-state index in [1.54, 1.807) is 18.2 Å². The molecular weight excluding hydrogens is 244 g/mol. The van der Waals surface area contributed by atoms with Gasteiger partial charge in [0.2, 0.25) is 0 Å². The van der Waals surface area contributed by atoms with Crippen LogP contribution in [-0.2, 0) is 14.3 Å². The second-order valence-corrected chi connectivity index (χ2v) is 4.19. The van der Waals surface area contributed by atoms with Gasteiger partial charge in [-0.15, -0.1) is 0 Å². The summed E-state index contributed by atoms with van der Waals surface area (Å²) in [6.07, 6.45) is 0.709. The summed E-state index contributed by atoms with van der Waals surface area (Å²) in [6, 6.07) is 5.12. The fraction of sp³-hybridized carbons (Fsp3) is 0.333. The van der Waals surface area contributed by atoms with Gasteiger partial charge in [-0.25, -0.2) is 0 Å². The summed E-state index contributed by atoms with van der Waals surface area (Å²) in [7, 11) is 1.52. The third kappa shape index (κ3) is 2.42. The van der Waals surface area contributed by atoms with Crippen LogP contribution in [0.1, 0.15) is 24.3 Å². The number of hydrogen-bond donors (Lipinski definition) is 0. The van der Waals surface area contributed by atoms with Crippen LogP contribution in [0.5, 0.6) is 5.75 Å². The number of carbonyl (C=O) groups excluding carboxylic acids is 2. The van der Waals surface area contributed by atoms with E-state index in [2.05, 4.69) is 4.74 Å². The Balaban J connectivity index is 2.25. The normalized spacial score (nSPS) is 20.0. The van der Waals surface area contributed by atoms with Gasteiger partial charge in [0.25, 0.3) is 0 Å². The van der Waals surface area contributed by atoms with E-state index in [9.17, 15) is 9.59 Å². The molecule has 0 spiro atoms. The molecule has 5 heteroatoms. The van der Waals surface area contributed by atoms with E-state index >= 15 is 0 Å². The average molecular weight is 255 g/mol. The molecule has 90 valence electrons. The number of halogens is 1. The first-order valence-corrected chi connectivity index (χ1v) is 5.57. The van der Waals surface area contributed by atoms with Gasteiger partial charge < -0.3 is 9.47 Å². The van der Waals surface area contributed by atoms with Crippen molar-refractivity contribution in [2.24, 2.45) is 0 Å². The van der Waals surface area contributed by atoms with Crippen LogP contribution in [0.3, 0.4) is 0 Å². The van der Waals surface area contributed by atoms with Crippen LogP contribution in [0, 0.1) is 0 Å². The van der Waals surface area contributed by atoms with Gasteiger partial charge in [-0.3, -0.25) is 9.59 Å². The highest BCUT2D eigenvalue weighted by Gasteiger charge is 2.30. The van der Waals surface area contributed by atoms with Crippen molar-refractivity contribution >= 4 is 23.5 Å². The van der Waals surface area contributed by atoms with E-state index < -0.39 is 17.9 Å². The van der Waals surface area contributed by atoms with Gasteiger partial charge in [0, 0.05) is 6.42 Å². The lowest BCUT2D eigenvalue weighted by Gasteiger charge is -2.20. The van der Waals surface area contributed by atoms with E-state index in [1.807, 2.05) is 0 Å². The highest BCUT2D eigenvalue weighted by molar-refractivity contribution is 6.32. The maximum Gasteiger partial charge on any atom is 0.321 e. The number of methoxy groups -OCH3 is 1. The maximum absolute atomic E-state index is 11.6. The van der Waals surface area contributed by atoms with Crippen molar-refractivity contribution in [2.45, 2.75) is 18.8 Å². The monoisotopic (exact) mass is 254 g/mol. The minimum atomic E-state index is -0.512. The molecule has 1 aliphatic rings. The van der Waals surface area contributed by atoms with Crippen molar-refractivity contribution in [3.8, 4) is 5.75 Å². The Morgan fingerprint density at radius 1 is 1.41 bits per heavy atom. The molecule has 1 heterocycles. The minimum absolute atomic E-state index is 0.250. The Bertz CT molecular complexity index is 470. The summed E-state index contributed by atoms with van der Waals surface area (Å²) in [5, 5.41) is 0.440. The molecule has 0 aliphatic carbocycles. The number of cyclic esters (lactones) is 2. The lowest BCUT2D eigenvalue weighted by atomic mass is 9.92. The molecule has 1 unspecified atom stereocenters. The SMILES string of the molecule is COc1ccc(C2CCC(=O)OC2=O)cc1Cl. The van der Waals surface area contributed by atoms with E-state index in [1.165, 1.54) is 7.11 Å². The average Bonchev–Trinajstić information content (AvgIpc) is 2.29. The first-order chi connectivity index (χ1) is 8.11. The van der Waals surface area contributed by atoms with Crippen LogP contribution in [0.25, 0.3) is 0 Å². The molecule has 4 nitrogen and oxygen atoms in total. The third-order valence-electron chi connectivity index (χ3n) is 2.71.